The maximum absolute atomic E-state index is 10.9. The number of aliphatic carboxylic acids is 1. The van der Waals surface area contributed by atoms with Gasteiger partial charge in [-0.05, 0) is 23.8 Å². The quantitative estimate of drug-likeness (QED) is 0.728. The maximum atomic E-state index is 10.9. The minimum Gasteiger partial charge on any atom is -0.489 e. The highest BCUT2D eigenvalue weighted by Gasteiger charge is 2.10. The van der Waals surface area contributed by atoms with Crippen molar-refractivity contribution < 1.29 is 19.7 Å². The van der Waals surface area contributed by atoms with E-state index in [1.165, 1.54) is 0 Å². The van der Waals surface area contributed by atoms with Gasteiger partial charge in [-0.25, -0.2) is 0 Å². The molecule has 0 fully saturated rings. The molecule has 0 atom stereocenters. The number of carboxylic acids is 1. The molecule has 6 heteroatoms. The second-order valence-corrected chi connectivity index (χ2v) is 5.76. The molecule has 0 radical (unpaired) electrons. The molecule has 2 N–H and O–H groups in total. The second-order valence-electron chi connectivity index (χ2n) is 5.36. The summed E-state index contributed by atoms with van der Waals surface area (Å²) in [5, 5.41) is 18.6. The van der Waals surface area contributed by atoms with Gasteiger partial charge in [0.05, 0.1) is 13.2 Å². The highest BCUT2D eigenvalue weighted by atomic mass is 35.5. The predicted octanol–water partition coefficient (Wildman–Crippen LogP) is 2.80. The minimum absolute atomic E-state index is 0.0873. The van der Waals surface area contributed by atoms with Crippen LogP contribution in [0.3, 0.4) is 0 Å². The molecule has 2 aromatic rings. The molecule has 0 saturated heterocycles. The zero-order valence-corrected chi connectivity index (χ0v) is 13.9. The Morgan fingerprint density at radius 3 is 2.67 bits per heavy atom. The highest BCUT2D eigenvalue weighted by Crippen LogP contribution is 2.20. The molecule has 2 aromatic carbocycles. The van der Waals surface area contributed by atoms with Crippen molar-refractivity contribution in [2.24, 2.45) is 0 Å². The van der Waals surface area contributed by atoms with Crippen LogP contribution in [-0.4, -0.2) is 40.8 Å². The van der Waals surface area contributed by atoms with Gasteiger partial charge in [0, 0.05) is 23.7 Å². The number of hydrogen-bond donors (Lipinski definition) is 2. The van der Waals surface area contributed by atoms with Crippen LogP contribution in [0.5, 0.6) is 5.75 Å². The SMILES string of the molecule is O=C(O)CN(CCO)Cc1cccc(OCc2ccccc2Cl)c1. The normalized spacial score (nSPS) is 10.8. The van der Waals surface area contributed by atoms with Crippen molar-refractivity contribution in [3.63, 3.8) is 0 Å². The lowest BCUT2D eigenvalue weighted by Crippen LogP contribution is -2.31. The number of ether oxygens (including phenoxy) is 1. The first-order chi connectivity index (χ1) is 11.6. The lowest BCUT2D eigenvalue weighted by molar-refractivity contribution is -0.138. The third-order valence-corrected chi connectivity index (χ3v) is 3.80. The van der Waals surface area contributed by atoms with Crippen LogP contribution in [0.15, 0.2) is 48.5 Å². The summed E-state index contributed by atoms with van der Waals surface area (Å²) >= 11 is 6.11. The first-order valence-corrected chi connectivity index (χ1v) is 7.96. The van der Waals surface area contributed by atoms with E-state index in [1.54, 1.807) is 4.90 Å². The Balaban J connectivity index is 2.00. The van der Waals surface area contributed by atoms with Gasteiger partial charge in [-0.2, -0.15) is 0 Å². The number of halogens is 1. The zero-order valence-electron chi connectivity index (χ0n) is 13.2. The molecule has 0 bridgehead atoms. The lowest BCUT2D eigenvalue weighted by atomic mass is 10.2. The summed E-state index contributed by atoms with van der Waals surface area (Å²) in [5.41, 5.74) is 1.82. The molecule has 0 heterocycles. The molecule has 128 valence electrons. The van der Waals surface area contributed by atoms with Gasteiger partial charge in [0.25, 0.3) is 0 Å². The third-order valence-electron chi connectivity index (χ3n) is 3.43. The lowest BCUT2D eigenvalue weighted by Gasteiger charge is -2.19. The van der Waals surface area contributed by atoms with E-state index in [9.17, 15) is 4.79 Å². The van der Waals surface area contributed by atoms with Gasteiger partial charge in [-0.3, -0.25) is 9.69 Å². The number of hydrogen-bond acceptors (Lipinski definition) is 4. The summed E-state index contributed by atoms with van der Waals surface area (Å²) in [6.45, 7) is 0.882. The number of carboxylic acid groups (broad SMARTS) is 1. The fraction of sp³-hybridized carbons (Fsp3) is 0.278. The number of rotatable bonds is 9. The van der Waals surface area contributed by atoms with E-state index >= 15 is 0 Å². The highest BCUT2D eigenvalue weighted by molar-refractivity contribution is 6.31. The number of carbonyl (C=O) groups is 1. The van der Waals surface area contributed by atoms with Crippen molar-refractivity contribution in [1.82, 2.24) is 4.90 Å². The Kier molecular flexibility index (Phi) is 7.06. The van der Waals surface area contributed by atoms with Crippen LogP contribution in [0.1, 0.15) is 11.1 Å². The summed E-state index contributed by atoms with van der Waals surface area (Å²) in [6.07, 6.45) is 0. The molecular formula is C18H20ClNO4. The Morgan fingerprint density at radius 1 is 1.17 bits per heavy atom. The largest absolute Gasteiger partial charge is 0.489 e. The zero-order chi connectivity index (χ0) is 17.4. The van der Waals surface area contributed by atoms with E-state index < -0.39 is 5.97 Å². The number of benzene rings is 2. The Hall–Kier alpha value is -2.08. The molecule has 0 saturated carbocycles. The molecule has 0 aliphatic heterocycles. The summed E-state index contributed by atoms with van der Waals surface area (Å²) in [6, 6.07) is 14.9. The van der Waals surface area contributed by atoms with Gasteiger partial charge >= 0.3 is 5.97 Å². The Morgan fingerprint density at radius 2 is 1.96 bits per heavy atom. The van der Waals surface area contributed by atoms with E-state index in [2.05, 4.69) is 0 Å². The van der Waals surface area contributed by atoms with Gasteiger partial charge in [0.2, 0.25) is 0 Å². The van der Waals surface area contributed by atoms with Crippen LogP contribution >= 0.6 is 11.6 Å². The average Bonchev–Trinajstić information content (AvgIpc) is 2.54. The first kappa shape index (κ1) is 18.3. The summed E-state index contributed by atoms with van der Waals surface area (Å²) in [5.74, 6) is -0.235. The van der Waals surface area contributed by atoms with Gasteiger partial charge < -0.3 is 14.9 Å². The molecule has 0 aliphatic rings. The van der Waals surface area contributed by atoms with Crippen LogP contribution in [0.25, 0.3) is 0 Å². The van der Waals surface area contributed by atoms with Crippen molar-refractivity contribution in [1.29, 1.82) is 0 Å². The molecule has 0 unspecified atom stereocenters. The van der Waals surface area contributed by atoms with Gasteiger partial charge in [-0.1, -0.05) is 41.9 Å². The van der Waals surface area contributed by atoms with E-state index in [0.717, 1.165) is 11.1 Å². The van der Waals surface area contributed by atoms with Crippen molar-refractivity contribution >= 4 is 17.6 Å². The molecular weight excluding hydrogens is 330 g/mol. The van der Waals surface area contributed by atoms with Crippen molar-refractivity contribution in [2.75, 3.05) is 19.7 Å². The third kappa shape index (κ3) is 5.85. The molecule has 0 aliphatic carbocycles. The second kappa shape index (κ2) is 9.27. The van der Waals surface area contributed by atoms with Gasteiger partial charge in [0.15, 0.2) is 0 Å². The van der Waals surface area contributed by atoms with E-state index in [4.69, 9.17) is 26.6 Å². The molecule has 0 amide bonds. The number of aliphatic hydroxyl groups excluding tert-OH is 1. The summed E-state index contributed by atoms with van der Waals surface area (Å²) in [4.78, 5) is 12.5. The van der Waals surface area contributed by atoms with E-state index in [-0.39, 0.29) is 13.2 Å². The standard InChI is InChI=1S/C18H20ClNO4/c19-17-7-2-1-5-15(17)13-24-16-6-3-4-14(10-16)11-20(8-9-21)12-18(22)23/h1-7,10,21H,8-9,11-13H2,(H,22,23). The smallest absolute Gasteiger partial charge is 0.317 e. The predicted molar refractivity (Wildman–Crippen MR) is 92.2 cm³/mol. The summed E-state index contributed by atoms with van der Waals surface area (Å²) in [7, 11) is 0. The van der Waals surface area contributed by atoms with Crippen LogP contribution in [0, 0.1) is 0 Å². The van der Waals surface area contributed by atoms with E-state index in [0.29, 0.717) is 30.5 Å². The topological polar surface area (TPSA) is 70.0 Å². The Labute approximate surface area is 146 Å². The van der Waals surface area contributed by atoms with Crippen molar-refractivity contribution in [3.05, 3.63) is 64.7 Å². The monoisotopic (exact) mass is 349 g/mol. The Bertz CT molecular complexity index is 678. The fourth-order valence-corrected chi connectivity index (χ4v) is 2.51. The average molecular weight is 350 g/mol. The molecule has 5 nitrogen and oxygen atoms in total. The number of nitrogens with zero attached hydrogens (tertiary/aromatic N) is 1. The molecule has 2 rings (SSSR count). The van der Waals surface area contributed by atoms with Crippen LogP contribution in [0.4, 0.5) is 0 Å². The first-order valence-electron chi connectivity index (χ1n) is 7.58. The van der Waals surface area contributed by atoms with Gasteiger partial charge in [-0.15, -0.1) is 0 Å². The molecule has 0 spiro atoms. The van der Waals surface area contributed by atoms with Crippen molar-refractivity contribution in [2.45, 2.75) is 13.2 Å². The number of aliphatic hydroxyl groups is 1. The van der Waals surface area contributed by atoms with Crippen LogP contribution in [0.2, 0.25) is 5.02 Å². The molecule has 0 aromatic heterocycles. The summed E-state index contributed by atoms with van der Waals surface area (Å²) < 4.78 is 5.77. The van der Waals surface area contributed by atoms with E-state index in [1.807, 2.05) is 48.5 Å². The van der Waals surface area contributed by atoms with Crippen LogP contribution in [-0.2, 0) is 17.9 Å². The van der Waals surface area contributed by atoms with Gasteiger partial charge in [0.1, 0.15) is 12.4 Å². The maximum Gasteiger partial charge on any atom is 0.317 e. The van der Waals surface area contributed by atoms with Crippen LogP contribution < -0.4 is 4.74 Å². The fourth-order valence-electron chi connectivity index (χ4n) is 2.32. The molecule has 24 heavy (non-hydrogen) atoms. The van der Waals surface area contributed by atoms with Crippen molar-refractivity contribution in [3.8, 4) is 5.75 Å². The minimum atomic E-state index is -0.922.